The number of carbonyl (C=O) groups is 2. The first-order valence-corrected chi connectivity index (χ1v) is 11.2. The molecule has 0 bridgehead atoms. The van der Waals surface area contributed by atoms with E-state index in [0.717, 1.165) is 16.1 Å². The lowest BCUT2D eigenvalue weighted by atomic mass is 10.00. The molecular weight excluding hydrogens is 492 g/mol. The molecule has 2 atom stereocenters. The van der Waals surface area contributed by atoms with Crippen LogP contribution in [0.3, 0.4) is 0 Å². The summed E-state index contributed by atoms with van der Waals surface area (Å²) >= 11 is 3.47. The largest absolute Gasteiger partial charge is 0.488 e. The summed E-state index contributed by atoms with van der Waals surface area (Å²) in [7, 11) is 1.28. The first kappa shape index (κ1) is 24.5. The van der Waals surface area contributed by atoms with E-state index in [4.69, 9.17) is 13.9 Å². The fraction of sp³-hybridized carbons (Fsp3) is 0.292. The van der Waals surface area contributed by atoms with E-state index < -0.39 is 23.3 Å². The van der Waals surface area contributed by atoms with Crippen molar-refractivity contribution in [3.05, 3.63) is 74.6 Å². The molecular formula is C24H25BrN2O6. The Morgan fingerprint density at radius 2 is 1.91 bits per heavy atom. The fourth-order valence-electron chi connectivity index (χ4n) is 3.18. The number of nitrogens with one attached hydrogen (secondary N) is 2. The van der Waals surface area contributed by atoms with Gasteiger partial charge in [0.2, 0.25) is 0 Å². The highest BCUT2D eigenvalue weighted by Gasteiger charge is 2.26. The Balaban J connectivity index is 1.80. The second-order valence-corrected chi connectivity index (χ2v) is 8.32. The van der Waals surface area contributed by atoms with Gasteiger partial charge in [-0.2, -0.15) is 0 Å². The van der Waals surface area contributed by atoms with Gasteiger partial charge in [0.05, 0.1) is 7.11 Å². The van der Waals surface area contributed by atoms with E-state index in [1.54, 1.807) is 18.2 Å². The molecule has 0 saturated heterocycles. The van der Waals surface area contributed by atoms with Crippen LogP contribution in [-0.4, -0.2) is 25.0 Å². The highest BCUT2D eigenvalue weighted by molar-refractivity contribution is 9.10. The molecule has 0 unspecified atom stereocenters. The molecule has 0 radical (unpaired) electrons. The minimum atomic E-state index is -0.742. The monoisotopic (exact) mass is 516 g/mol. The maximum Gasteiger partial charge on any atom is 0.324 e. The van der Waals surface area contributed by atoms with Gasteiger partial charge >= 0.3 is 11.9 Å². The number of rotatable bonds is 9. The van der Waals surface area contributed by atoms with E-state index >= 15 is 0 Å². The molecule has 9 heteroatoms. The summed E-state index contributed by atoms with van der Waals surface area (Å²) in [6.07, 6.45) is 0.691. The summed E-state index contributed by atoms with van der Waals surface area (Å²) in [6, 6.07) is 12.9. The number of hydrogen-bond acceptors (Lipinski definition) is 7. The van der Waals surface area contributed by atoms with E-state index in [1.807, 2.05) is 38.1 Å². The van der Waals surface area contributed by atoms with Crippen molar-refractivity contribution in [2.75, 3.05) is 7.11 Å². The molecule has 33 heavy (non-hydrogen) atoms. The van der Waals surface area contributed by atoms with Crippen molar-refractivity contribution in [1.29, 1.82) is 0 Å². The summed E-state index contributed by atoms with van der Waals surface area (Å²) in [5.41, 5.74) is 5.82. The molecule has 0 saturated carbocycles. The number of methoxy groups -OCH3 is 1. The number of hydrazine groups is 1. The Kier molecular flexibility index (Phi) is 8.24. The number of ether oxygens (including phenoxy) is 2. The standard InChI is InChI=1S/C24H25BrN2O6/c1-4-14(2)22(24(30)31-3)26-27-23(29)20-12-17(28)21-18(10-7-11-19(21)33-20)32-13-15-8-5-6-9-16(15)25/h5-12,14,22,26H,4,13H2,1-3H3,(H,27,29)/t14-,22+/m1/s1. The van der Waals surface area contributed by atoms with Gasteiger partial charge in [0.25, 0.3) is 0 Å². The smallest absolute Gasteiger partial charge is 0.324 e. The van der Waals surface area contributed by atoms with Crippen molar-refractivity contribution in [3.63, 3.8) is 0 Å². The lowest BCUT2D eigenvalue weighted by Crippen LogP contribution is -2.51. The van der Waals surface area contributed by atoms with Crippen LogP contribution in [0.4, 0.5) is 0 Å². The predicted molar refractivity (Wildman–Crippen MR) is 127 cm³/mol. The van der Waals surface area contributed by atoms with Gasteiger partial charge in [0.15, 0.2) is 11.2 Å². The van der Waals surface area contributed by atoms with Crippen molar-refractivity contribution in [2.24, 2.45) is 5.92 Å². The molecule has 0 aliphatic rings. The van der Waals surface area contributed by atoms with Crippen LogP contribution in [0, 0.1) is 5.92 Å². The first-order chi connectivity index (χ1) is 15.8. The quantitative estimate of drug-likeness (QED) is 0.327. The number of fused-ring (bicyclic) bond motifs is 1. The number of esters is 1. The lowest BCUT2D eigenvalue weighted by Gasteiger charge is -2.21. The first-order valence-electron chi connectivity index (χ1n) is 10.4. The van der Waals surface area contributed by atoms with Gasteiger partial charge < -0.3 is 13.9 Å². The van der Waals surface area contributed by atoms with E-state index in [0.29, 0.717) is 12.2 Å². The third-order valence-electron chi connectivity index (χ3n) is 5.29. The Morgan fingerprint density at radius 1 is 1.15 bits per heavy atom. The maximum absolute atomic E-state index is 12.8. The van der Waals surface area contributed by atoms with Gasteiger partial charge in [-0.3, -0.25) is 19.8 Å². The van der Waals surface area contributed by atoms with Crippen LogP contribution in [0.25, 0.3) is 11.0 Å². The SMILES string of the molecule is CC[C@@H](C)[C@H](NNC(=O)c1cc(=O)c2c(OCc3ccccc3Br)cccc2o1)C(=O)OC. The van der Waals surface area contributed by atoms with E-state index in [9.17, 15) is 14.4 Å². The highest BCUT2D eigenvalue weighted by Crippen LogP contribution is 2.25. The second-order valence-electron chi connectivity index (χ2n) is 7.47. The zero-order valence-electron chi connectivity index (χ0n) is 18.5. The Labute approximate surface area is 199 Å². The molecule has 0 aliphatic heterocycles. The van der Waals surface area contributed by atoms with E-state index in [2.05, 4.69) is 26.8 Å². The van der Waals surface area contributed by atoms with Gasteiger partial charge in [0, 0.05) is 16.1 Å². The third-order valence-corrected chi connectivity index (χ3v) is 6.06. The maximum atomic E-state index is 12.8. The zero-order chi connectivity index (χ0) is 24.0. The van der Waals surface area contributed by atoms with Gasteiger partial charge in [0.1, 0.15) is 29.4 Å². The van der Waals surface area contributed by atoms with Crippen molar-refractivity contribution in [1.82, 2.24) is 10.9 Å². The van der Waals surface area contributed by atoms with Gasteiger partial charge in [-0.25, -0.2) is 5.43 Å². The molecule has 1 aromatic heterocycles. The van der Waals surface area contributed by atoms with Crippen molar-refractivity contribution in [2.45, 2.75) is 32.9 Å². The molecule has 0 fully saturated rings. The van der Waals surface area contributed by atoms with Gasteiger partial charge in [-0.05, 0) is 24.1 Å². The van der Waals surface area contributed by atoms with Gasteiger partial charge in [-0.15, -0.1) is 0 Å². The summed E-state index contributed by atoms with van der Waals surface area (Å²) in [6.45, 7) is 4.02. The molecule has 1 heterocycles. The number of amides is 1. The van der Waals surface area contributed by atoms with Crippen molar-refractivity contribution >= 4 is 38.8 Å². The number of halogens is 1. The second kappa shape index (κ2) is 11.1. The minimum absolute atomic E-state index is 0.0919. The molecule has 0 aliphatic carbocycles. The Morgan fingerprint density at radius 3 is 2.61 bits per heavy atom. The average Bonchev–Trinajstić information content (AvgIpc) is 2.82. The summed E-state index contributed by atoms with van der Waals surface area (Å²) < 4.78 is 17.2. The molecule has 8 nitrogen and oxygen atoms in total. The predicted octanol–water partition coefficient (Wildman–Crippen LogP) is 3.96. The van der Waals surface area contributed by atoms with Crippen LogP contribution in [0.1, 0.15) is 36.4 Å². The molecule has 174 valence electrons. The molecule has 0 spiro atoms. The number of benzene rings is 2. The third kappa shape index (κ3) is 5.80. The Hall–Kier alpha value is -3.17. The fourth-order valence-corrected chi connectivity index (χ4v) is 3.58. The van der Waals surface area contributed by atoms with E-state index in [1.165, 1.54) is 7.11 Å². The van der Waals surface area contributed by atoms with Crippen LogP contribution in [-0.2, 0) is 16.1 Å². The van der Waals surface area contributed by atoms with E-state index in [-0.39, 0.29) is 29.3 Å². The average molecular weight is 517 g/mol. The molecule has 3 rings (SSSR count). The lowest BCUT2D eigenvalue weighted by molar-refractivity contribution is -0.144. The molecule has 1 amide bonds. The van der Waals surface area contributed by atoms with Gasteiger partial charge in [-0.1, -0.05) is 60.5 Å². The van der Waals surface area contributed by atoms with Crippen molar-refractivity contribution in [3.8, 4) is 5.75 Å². The molecule has 2 N–H and O–H groups in total. The number of hydrogen-bond donors (Lipinski definition) is 2. The number of carbonyl (C=O) groups excluding carboxylic acids is 2. The topological polar surface area (TPSA) is 107 Å². The summed E-state index contributed by atoms with van der Waals surface area (Å²) in [5.74, 6) is -1.13. The summed E-state index contributed by atoms with van der Waals surface area (Å²) in [5, 5.41) is 0.237. The van der Waals surface area contributed by atoms with Crippen LogP contribution in [0.5, 0.6) is 5.75 Å². The van der Waals surface area contributed by atoms with Crippen LogP contribution in [0.15, 0.2) is 62.2 Å². The zero-order valence-corrected chi connectivity index (χ0v) is 20.1. The van der Waals surface area contributed by atoms with Crippen LogP contribution in [0.2, 0.25) is 0 Å². The Bertz CT molecular complexity index is 1210. The van der Waals surface area contributed by atoms with Crippen LogP contribution >= 0.6 is 15.9 Å². The minimum Gasteiger partial charge on any atom is -0.488 e. The normalized spacial score (nSPS) is 12.7. The molecule has 3 aromatic rings. The van der Waals surface area contributed by atoms with Crippen LogP contribution < -0.4 is 21.0 Å². The highest BCUT2D eigenvalue weighted by atomic mass is 79.9. The summed E-state index contributed by atoms with van der Waals surface area (Å²) in [4.78, 5) is 37.4. The molecule has 2 aromatic carbocycles. The van der Waals surface area contributed by atoms with Crippen molar-refractivity contribution < 1.29 is 23.5 Å².